The van der Waals surface area contributed by atoms with Crippen LogP contribution in [0, 0.1) is 5.92 Å². The first-order chi connectivity index (χ1) is 12.3. The zero-order valence-corrected chi connectivity index (χ0v) is 15.0. The van der Waals surface area contributed by atoms with Gasteiger partial charge in [-0.1, -0.05) is 18.2 Å². The summed E-state index contributed by atoms with van der Waals surface area (Å²) < 4.78 is 5.91. The van der Waals surface area contributed by atoms with Crippen molar-refractivity contribution in [2.45, 2.75) is 38.6 Å². The van der Waals surface area contributed by atoms with Gasteiger partial charge in [-0.15, -0.1) is 0 Å². The molecule has 0 bridgehead atoms. The molecule has 1 aromatic rings. The zero-order valence-electron chi connectivity index (χ0n) is 15.0. The number of nitrogens with one attached hydrogen (secondary N) is 1. The Balaban J connectivity index is 1.29. The van der Waals surface area contributed by atoms with Crippen LogP contribution in [0.25, 0.3) is 0 Å². The number of rotatable bonds is 4. The SMILES string of the molecule is O=CC1CCOC(N2CCN(Cc3ccc4c(c3)CCNC4)CC2)C1. The van der Waals surface area contributed by atoms with Crippen molar-refractivity contribution in [1.82, 2.24) is 15.1 Å². The topological polar surface area (TPSA) is 44.8 Å². The van der Waals surface area contributed by atoms with Gasteiger partial charge in [0.2, 0.25) is 0 Å². The van der Waals surface area contributed by atoms with Gasteiger partial charge in [0.15, 0.2) is 0 Å². The van der Waals surface area contributed by atoms with E-state index >= 15 is 0 Å². The Morgan fingerprint density at radius 2 is 2.08 bits per heavy atom. The maximum absolute atomic E-state index is 11.1. The van der Waals surface area contributed by atoms with E-state index in [0.29, 0.717) is 0 Å². The number of carbonyl (C=O) groups excluding carboxylic acids is 1. The van der Waals surface area contributed by atoms with Gasteiger partial charge in [-0.25, -0.2) is 0 Å². The Kier molecular flexibility index (Phi) is 5.46. The fourth-order valence-corrected chi connectivity index (χ4v) is 4.27. The fourth-order valence-electron chi connectivity index (χ4n) is 4.27. The Morgan fingerprint density at radius 3 is 2.92 bits per heavy atom. The summed E-state index contributed by atoms with van der Waals surface area (Å²) in [4.78, 5) is 16.0. The van der Waals surface area contributed by atoms with Crippen LogP contribution < -0.4 is 5.32 Å². The Hall–Kier alpha value is -1.27. The number of hydrogen-bond donors (Lipinski definition) is 1. The second-order valence-electron chi connectivity index (χ2n) is 7.59. The van der Waals surface area contributed by atoms with Crippen molar-refractivity contribution in [3.8, 4) is 0 Å². The first-order valence-electron chi connectivity index (χ1n) is 9.66. The van der Waals surface area contributed by atoms with Crippen LogP contribution in [-0.4, -0.2) is 61.6 Å². The van der Waals surface area contributed by atoms with Gasteiger partial charge in [-0.05, 0) is 42.5 Å². The molecule has 3 aliphatic rings. The third-order valence-corrected chi connectivity index (χ3v) is 5.87. The number of aldehydes is 1. The minimum absolute atomic E-state index is 0.141. The summed E-state index contributed by atoms with van der Waals surface area (Å²) in [5.41, 5.74) is 4.41. The molecule has 2 saturated heterocycles. The highest BCUT2D eigenvalue weighted by atomic mass is 16.5. The highest BCUT2D eigenvalue weighted by Crippen LogP contribution is 2.23. The number of hydrogen-bond acceptors (Lipinski definition) is 5. The van der Waals surface area contributed by atoms with E-state index in [1.807, 2.05) is 0 Å². The summed E-state index contributed by atoms with van der Waals surface area (Å²) in [6, 6.07) is 6.99. The van der Waals surface area contributed by atoms with Crippen LogP contribution in [0.15, 0.2) is 18.2 Å². The van der Waals surface area contributed by atoms with Crippen molar-refractivity contribution in [2.75, 3.05) is 39.3 Å². The predicted molar refractivity (Wildman–Crippen MR) is 97.2 cm³/mol. The quantitative estimate of drug-likeness (QED) is 0.838. The molecule has 3 heterocycles. The van der Waals surface area contributed by atoms with Gasteiger partial charge in [-0.3, -0.25) is 9.80 Å². The molecule has 0 aliphatic carbocycles. The molecule has 1 N–H and O–H groups in total. The van der Waals surface area contributed by atoms with Gasteiger partial charge in [0.1, 0.15) is 12.5 Å². The van der Waals surface area contributed by atoms with E-state index < -0.39 is 0 Å². The molecule has 3 aliphatic heterocycles. The molecular formula is C20H29N3O2. The van der Waals surface area contributed by atoms with Crippen molar-refractivity contribution in [3.05, 3.63) is 34.9 Å². The molecule has 136 valence electrons. The summed E-state index contributed by atoms with van der Waals surface area (Å²) in [5.74, 6) is 0.182. The molecular weight excluding hydrogens is 314 g/mol. The van der Waals surface area contributed by atoms with Crippen LogP contribution in [-0.2, 0) is 29.0 Å². The average molecular weight is 343 g/mol. The Morgan fingerprint density at radius 1 is 1.20 bits per heavy atom. The van der Waals surface area contributed by atoms with Crippen LogP contribution in [0.5, 0.6) is 0 Å². The molecule has 2 atom stereocenters. The normalized spacial score (nSPS) is 28.5. The summed E-state index contributed by atoms with van der Waals surface area (Å²) in [7, 11) is 0. The molecule has 5 nitrogen and oxygen atoms in total. The number of fused-ring (bicyclic) bond motifs is 1. The van der Waals surface area contributed by atoms with E-state index in [-0.39, 0.29) is 12.1 Å². The Bertz CT molecular complexity index is 599. The number of benzene rings is 1. The second-order valence-corrected chi connectivity index (χ2v) is 7.59. The van der Waals surface area contributed by atoms with E-state index in [2.05, 4.69) is 33.3 Å². The number of nitrogens with zero attached hydrogens (tertiary/aromatic N) is 2. The minimum Gasteiger partial charge on any atom is -0.363 e. The molecule has 4 rings (SSSR count). The minimum atomic E-state index is 0.141. The predicted octanol–water partition coefficient (Wildman–Crippen LogP) is 1.40. The molecule has 0 spiro atoms. The highest BCUT2D eigenvalue weighted by Gasteiger charge is 2.29. The van der Waals surface area contributed by atoms with Crippen molar-refractivity contribution >= 4 is 6.29 Å². The molecule has 5 heteroatoms. The molecule has 0 aromatic heterocycles. The van der Waals surface area contributed by atoms with Crippen LogP contribution in [0.1, 0.15) is 29.5 Å². The standard InChI is InChI=1S/C20H29N3O2/c24-15-17-4-10-25-20(12-17)23-8-6-22(7-9-23)14-16-1-2-19-13-21-5-3-18(19)11-16/h1-2,11,15,17,20-21H,3-10,12-14H2. The van der Waals surface area contributed by atoms with Gasteiger partial charge in [0.05, 0.1) is 0 Å². The van der Waals surface area contributed by atoms with Gasteiger partial charge < -0.3 is 14.8 Å². The second kappa shape index (κ2) is 7.96. The molecule has 0 amide bonds. The fraction of sp³-hybridized carbons (Fsp3) is 0.650. The smallest absolute Gasteiger partial charge is 0.123 e. The van der Waals surface area contributed by atoms with Gasteiger partial charge in [0, 0.05) is 51.8 Å². The number of ether oxygens (including phenoxy) is 1. The van der Waals surface area contributed by atoms with E-state index in [4.69, 9.17) is 4.74 Å². The van der Waals surface area contributed by atoms with Gasteiger partial charge in [0.25, 0.3) is 0 Å². The lowest BCUT2D eigenvalue weighted by atomic mass is 9.98. The largest absolute Gasteiger partial charge is 0.363 e. The first-order valence-corrected chi connectivity index (χ1v) is 9.66. The zero-order chi connectivity index (χ0) is 17.1. The maximum atomic E-state index is 11.1. The van der Waals surface area contributed by atoms with E-state index in [1.54, 1.807) is 0 Å². The third-order valence-electron chi connectivity index (χ3n) is 5.87. The molecule has 0 radical (unpaired) electrons. The summed E-state index contributed by atoms with van der Waals surface area (Å²) in [5, 5.41) is 3.44. The van der Waals surface area contributed by atoms with E-state index in [0.717, 1.165) is 78.0 Å². The van der Waals surface area contributed by atoms with E-state index in [1.165, 1.54) is 16.7 Å². The molecule has 25 heavy (non-hydrogen) atoms. The van der Waals surface area contributed by atoms with Crippen LogP contribution in [0.4, 0.5) is 0 Å². The van der Waals surface area contributed by atoms with Crippen molar-refractivity contribution < 1.29 is 9.53 Å². The summed E-state index contributed by atoms with van der Waals surface area (Å²) in [6.45, 7) is 8.08. The lowest BCUT2D eigenvalue weighted by Gasteiger charge is -2.41. The monoisotopic (exact) mass is 343 g/mol. The molecule has 1 aromatic carbocycles. The first kappa shape index (κ1) is 17.2. The molecule has 2 fully saturated rings. The third kappa shape index (κ3) is 4.11. The van der Waals surface area contributed by atoms with Crippen LogP contribution in [0.3, 0.4) is 0 Å². The average Bonchev–Trinajstić information content (AvgIpc) is 2.68. The van der Waals surface area contributed by atoms with E-state index in [9.17, 15) is 4.79 Å². The van der Waals surface area contributed by atoms with Gasteiger partial charge >= 0.3 is 0 Å². The number of carbonyl (C=O) groups is 1. The van der Waals surface area contributed by atoms with Crippen LogP contribution in [0.2, 0.25) is 0 Å². The number of piperazine rings is 1. The molecule has 2 unspecified atom stereocenters. The van der Waals surface area contributed by atoms with Crippen molar-refractivity contribution in [1.29, 1.82) is 0 Å². The lowest BCUT2D eigenvalue weighted by Crippen LogP contribution is -2.52. The summed E-state index contributed by atoms with van der Waals surface area (Å²) in [6.07, 6.45) is 4.14. The maximum Gasteiger partial charge on any atom is 0.123 e. The highest BCUT2D eigenvalue weighted by molar-refractivity contribution is 5.53. The van der Waals surface area contributed by atoms with Crippen LogP contribution >= 0.6 is 0 Å². The lowest BCUT2D eigenvalue weighted by molar-refractivity contribution is -0.130. The van der Waals surface area contributed by atoms with Crippen molar-refractivity contribution in [3.63, 3.8) is 0 Å². The van der Waals surface area contributed by atoms with Gasteiger partial charge in [-0.2, -0.15) is 0 Å². The molecule has 0 saturated carbocycles. The Labute approximate surface area is 150 Å². The van der Waals surface area contributed by atoms with Crippen molar-refractivity contribution in [2.24, 2.45) is 5.92 Å². The summed E-state index contributed by atoms with van der Waals surface area (Å²) >= 11 is 0.